The van der Waals surface area contributed by atoms with Crippen molar-refractivity contribution in [3.63, 3.8) is 0 Å². The summed E-state index contributed by atoms with van der Waals surface area (Å²) in [6.07, 6.45) is 3.27. The quantitative estimate of drug-likeness (QED) is 0.807. The predicted molar refractivity (Wildman–Crippen MR) is 61.1 cm³/mol. The van der Waals surface area contributed by atoms with Crippen LogP contribution in [-0.4, -0.2) is 24.0 Å². The summed E-state index contributed by atoms with van der Waals surface area (Å²) < 4.78 is 0. The molecule has 0 atom stereocenters. The van der Waals surface area contributed by atoms with Crippen molar-refractivity contribution >= 4 is 18.0 Å². The molecule has 0 saturated heterocycles. The van der Waals surface area contributed by atoms with E-state index in [4.69, 9.17) is 5.11 Å². The molecule has 0 heterocycles. The molecule has 16 heavy (non-hydrogen) atoms. The minimum absolute atomic E-state index is 0.00278. The monoisotopic (exact) mass is 219 g/mol. The molecule has 1 aromatic carbocycles. The second kappa shape index (κ2) is 5.70. The van der Waals surface area contributed by atoms with Crippen molar-refractivity contribution in [2.24, 2.45) is 0 Å². The van der Waals surface area contributed by atoms with Gasteiger partial charge in [0.25, 0.3) is 5.91 Å². The summed E-state index contributed by atoms with van der Waals surface area (Å²) in [5.41, 5.74) is 1.45. The summed E-state index contributed by atoms with van der Waals surface area (Å²) in [4.78, 5) is 21.5. The number of amides is 1. The Kier molecular flexibility index (Phi) is 4.27. The van der Waals surface area contributed by atoms with Crippen LogP contribution in [0.3, 0.4) is 0 Å². The van der Waals surface area contributed by atoms with Crippen molar-refractivity contribution in [2.45, 2.75) is 6.42 Å². The van der Waals surface area contributed by atoms with E-state index in [-0.39, 0.29) is 12.3 Å². The van der Waals surface area contributed by atoms with Gasteiger partial charge in [-0.15, -0.1) is 0 Å². The van der Waals surface area contributed by atoms with E-state index < -0.39 is 5.97 Å². The van der Waals surface area contributed by atoms with Crippen LogP contribution < -0.4 is 5.32 Å². The third-order valence-corrected chi connectivity index (χ3v) is 2.00. The first-order valence-electron chi connectivity index (χ1n) is 4.84. The maximum Gasteiger partial charge on any atom is 0.307 e. The number of aliphatic carboxylic acids is 1. The van der Waals surface area contributed by atoms with E-state index in [9.17, 15) is 9.59 Å². The van der Waals surface area contributed by atoms with Gasteiger partial charge in [-0.2, -0.15) is 0 Å². The topological polar surface area (TPSA) is 66.4 Å². The number of hydrogen-bond acceptors (Lipinski definition) is 2. The van der Waals surface area contributed by atoms with Crippen LogP contribution in [0.15, 0.2) is 30.3 Å². The molecular weight excluding hydrogens is 206 g/mol. The van der Waals surface area contributed by atoms with Gasteiger partial charge in [-0.05, 0) is 17.7 Å². The molecule has 84 valence electrons. The molecule has 0 bridgehead atoms. The fourth-order valence-electron chi connectivity index (χ4n) is 1.19. The number of carbonyl (C=O) groups is 2. The number of carboxylic acids is 1. The summed E-state index contributed by atoms with van der Waals surface area (Å²) in [5, 5.41) is 11.0. The lowest BCUT2D eigenvalue weighted by molar-refractivity contribution is -0.135. The molecule has 4 heteroatoms. The predicted octanol–water partition coefficient (Wildman–Crippen LogP) is 1.53. The van der Waals surface area contributed by atoms with Crippen LogP contribution in [0.5, 0.6) is 0 Å². The van der Waals surface area contributed by atoms with Gasteiger partial charge in [-0.1, -0.05) is 24.3 Å². The lowest BCUT2D eigenvalue weighted by Gasteiger charge is -1.99. The SMILES string of the molecule is CNC(=O)c1ccc(C=CCC(=O)O)cc1. The number of hydrogen-bond donors (Lipinski definition) is 2. The molecule has 0 fully saturated rings. The smallest absolute Gasteiger partial charge is 0.307 e. The number of nitrogens with one attached hydrogen (secondary N) is 1. The van der Waals surface area contributed by atoms with Crippen LogP contribution >= 0.6 is 0 Å². The third kappa shape index (κ3) is 3.57. The van der Waals surface area contributed by atoms with E-state index in [1.54, 1.807) is 43.5 Å². The molecule has 0 spiro atoms. The second-order valence-corrected chi connectivity index (χ2v) is 3.20. The molecule has 0 radical (unpaired) electrons. The molecule has 4 nitrogen and oxygen atoms in total. The molecule has 0 saturated carbocycles. The van der Waals surface area contributed by atoms with E-state index in [1.807, 2.05) is 0 Å². The zero-order chi connectivity index (χ0) is 12.0. The Morgan fingerprint density at radius 2 is 1.94 bits per heavy atom. The van der Waals surface area contributed by atoms with Crippen LogP contribution in [0.2, 0.25) is 0 Å². The molecular formula is C12H13NO3. The molecule has 1 amide bonds. The Balaban J connectivity index is 2.68. The fraction of sp³-hybridized carbons (Fsp3) is 0.167. The molecule has 1 rings (SSSR count). The van der Waals surface area contributed by atoms with Gasteiger partial charge in [-0.25, -0.2) is 0 Å². The third-order valence-electron chi connectivity index (χ3n) is 2.00. The van der Waals surface area contributed by atoms with Crippen molar-refractivity contribution in [3.05, 3.63) is 41.5 Å². The van der Waals surface area contributed by atoms with Crippen molar-refractivity contribution < 1.29 is 14.7 Å². The molecule has 1 aromatic rings. The standard InChI is InChI=1S/C12H13NO3/c1-13-12(16)10-7-5-9(6-8-10)3-2-4-11(14)15/h2-3,5-8H,4H2,1H3,(H,13,16)(H,14,15). The largest absolute Gasteiger partial charge is 0.481 e. The van der Waals surface area contributed by atoms with Gasteiger partial charge in [0.05, 0.1) is 6.42 Å². The lowest BCUT2D eigenvalue weighted by atomic mass is 10.1. The molecule has 0 aliphatic carbocycles. The summed E-state index contributed by atoms with van der Waals surface area (Å²) in [5.74, 6) is -1.00. The van der Waals surface area contributed by atoms with Gasteiger partial charge in [0.15, 0.2) is 0 Å². The molecule has 0 aliphatic heterocycles. The Hall–Kier alpha value is -2.10. The summed E-state index contributed by atoms with van der Waals surface area (Å²) in [7, 11) is 1.57. The van der Waals surface area contributed by atoms with E-state index >= 15 is 0 Å². The van der Waals surface area contributed by atoms with E-state index in [1.165, 1.54) is 0 Å². The first-order chi connectivity index (χ1) is 7.63. The van der Waals surface area contributed by atoms with Gasteiger partial charge in [0.2, 0.25) is 0 Å². The molecule has 0 unspecified atom stereocenters. The van der Waals surface area contributed by atoms with Gasteiger partial charge in [0, 0.05) is 12.6 Å². The van der Waals surface area contributed by atoms with Crippen LogP contribution in [0.1, 0.15) is 22.3 Å². The van der Waals surface area contributed by atoms with Crippen LogP contribution in [0.4, 0.5) is 0 Å². The van der Waals surface area contributed by atoms with Crippen molar-refractivity contribution in [2.75, 3.05) is 7.05 Å². The first-order valence-corrected chi connectivity index (χ1v) is 4.84. The van der Waals surface area contributed by atoms with Crippen LogP contribution in [0, 0.1) is 0 Å². The van der Waals surface area contributed by atoms with Gasteiger partial charge in [-0.3, -0.25) is 9.59 Å². The highest BCUT2D eigenvalue weighted by Crippen LogP contribution is 2.06. The number of carbonyl (C=O) groups excluding carboxylic acids is 1. The van der Waals surface area contributed by atoms with Gasteiger partial charge in [0.1, 0.15) is 0 Å². The van der Waals surface area contributed by atoms with Gasteiger partial charge < -0.3 is 10.4 Å². The maximum absolute atomic E-state index is 11.2. The number of carboxylic acid groups (broad SMARTS) is 1. The minimum Gasteiger partial charge on any atom is -0.481 e. The van der Waals surface area contributed by atoms with Crippen molar-refractivity contribution in [1.29, 1.82) is 0 Å². The Morgan fingerprint density at radius 3 is 2.44 bits per heavy atom. The highest BCUT2D eigenvalue weighted by atomic mass is 16.4. The Bertz CT molecular complexity index is 407. The first kappa shape index (κ1) is 12.0. The normalized spacial score (nSPS) is 10.3. The summed E-state index contributed by atoms with van der Waals surface area (Å²) in [6, 6.07) is 6.92. The zero-order valence-electron chi connectivity index (χ0n) is 8.93. The summed E-state index contributed by atoms with van der Waals surface area (Å²) >= 11 is 0. The van der Waals surface area contributed by atoms with Crippen molar-refractivity contribution in [1.82, 2.24) is 5.32 Å². The molecule has 2 N–H and O–H groups in total. The Labute approximate surface area is 93.6 Å². The maximum atomic E-state index is 11.2. The average Bonchev–Trinajstić information content (AvgIpc) is 2.28. The molecule has 0 aliphatic rings. The van der Waals surface area contributed by atoms with Crippen LogP contribution in [0.25, 0.3) is 6.08 Å². The highest BCUT2D eigenvalue weighted by molar-refractivity contribution is 5.94. The highest BCUT2D eigenvalue weighted by Gasteiger charge is 2.00. The zero-order valence-corrected chi connectivity index (χ0v) is 8.93. The number of rotatable bonds is 4. The van der Waals surface area contributed by atoms with E-state index in [2.05, 4.69) is 5.32 Å². The van der Waals surface area contributed by atoms with Gasteiger partial charge >= 0.3 is 5.97 Å². The minimum atomic E-state index is -0.863. The molecule has 0 aromatic heterocycles. The summed E-state index contributed by atoms with van der Waals surface area (Å²) in [6.45, 7) is 0. The number of benzene rings is 1. The fourth-order valence-corrected chi connectivity index (χ4v) is 1.19. The lowest BCUT2D eigenvalue weighted by Crippen LogP contribution is -2.17. The second-order valence-electron chi connectivity index (χ2n) is 3.20. The van der Waals surface area contributed by atoms with E-state index in [0.29, 0.717) is 5.56 Å². The Morgan fingerprint density at radius 1 is 1.31 bits per heavy atom. The van der Waals surface area contributed by atoms with Crippen LogP contribution in [-0.2, 0) is 4.79 Å². The van der Waals surface area contributed by atoms with Crippen molar-refractivity contribution in [3.8, 4) is 0 Å². The van der Waals surface area contributed by atoms with E-state index in [0.717, 1.165) is 5.56 Å². The average molecular weight is 219 g/mol.